The van der Waals surface area contributed by atoms with Crippen molar-refractivity contribution >= 4 is 23.4 Å². The zero-order chi connectivity index (χ0) is 15.4. The Labute approximate surface area is 125 Å². The molecule has 0 spiro atoms. The van der Waals surface area contributed by atoms with Crippen LogP contribution in [0.1, 0.15) is 16.1 Å². The number of nitrogens with two attached hydrogens (primary N) is 1. The summed E-state index contributed by atoms with van der Waals surface area (Å²) in [4.78, 5) is 20.2. The lowest BCUT2D eigenvalue weighted by atomic mass is 10.1. The van der Waals surface area contributed by atoms with Crippen molar-refractivity contribution in [3.05, 3.63) is 41.3 Å². The molecule has 0 radical (unpaired) electrons. The van der Waals surface area contributed by atoms with Gasteiger partial charge in [-0.15, -0.1) is 0 Å². The first-order valence-electron chi connectivity index (χ1n) is 6.10. The summed E-state index contributed by atoms with van der Waals surface area (Å²) in [6.07, 6.45) is 0. The third kappa shape index (κ3) is 3.91. The molecule has 0 fully saturated rings. The molecule has 0 atom stereocenters. The van der Waals surface area contributed by atoms with Gasteiger partial charge in [-0.1, -0.05) is 11.8 Å². The summed E-state index contributed by atoms with van der Waals surface area (Å²) in [7, 11) is 1.37. The fourth-order valence-electron chi connectivity index (χ4n) is 1.68. The Balaban J connectivity index is 2.06. The average Bonchev–Trinajstić information content (AvgIpc) is 2.43. The van der Waals surface area contributed by atoms with Crippen molar-refractivity contribution in [3.63, 3.8) is 0 Å². The molecule has 0 saturated carbocycles. The minimum absolute atomic E-state index is 0.106. The first-order chi connectivity index (χ1) is 9.99. The zero-order valence-electron chi connectivity index (χ0n) is 11.6. The molecule has 1 heterocycles. The van der Waals surface area contributed by atoms with E-state index in [1.165, 1.54) is 19.2 Å². The second kappa shape index (κ2) is 6.53. The van der Waals surface area contributed by atoms with Crippen LogP contribution in [0.3, 0.4) is 0 Å². The Morgan fingerprint density at radius 1 is 1.38 bits per heavy atom. The fraction of sp³-hybridized carbons (Fsp3) is 0.214. The largest absolute Gasteiger partial charge is 0.494 e. The number of halogens is 1. The number of ketones is 1. The van der Waals surface area contributed by atoms with Crippen LogP contribution >= 0.6 is 11.8 Å². The Kier molecular flexibility index (Phi) is 4.74. The van der Waals surface area contributed by atoms with Crippen molar-refractivity contribution in [2.75, 3.05) is 18.6 Å². The minimum Gasteiger partial charge on any atom is -0.494 e. The predicted molar refractivity (Wildman–Crippen MR) is 79.2 cm³/mol. The van der Waals surface area contributed by atoms with E-state index in [4.69, 9.17) is 10.5 Å². The van der Waals surface area contributed by atoms with Crippen molar-refractivity contribution in [3.8, 4) is 5.75 Å². The summed E-state index contributed by atoms with van der Waals surface area (Å²) >= 11 is 1.16. The van der Waals surface area contributed by atoms with Crippen LogP contribution < -0.4 is 10.5 Å². The number of nitrogen functional groups attached to an aromatic ring is 1. The number of thioether (sulfide) groups is 1. The molecule has 2 aromatic rings. The van der Waals surface area contributed by atoms with E-state index >= 15 is 0 Å². The number of benzene rings is 1. The van der Waals surface area contributed by atoms with Crippen LogP contribution in [0.4, 0.5) is 10.2 Å². The molecule has 1 aromatic heterocycles. The monoisotopic (exact) mass is 307 g/mol. The van der Waals surface area contributed by atoms with Crippen LogP contribution in [0.15, 0.2) is 29.4 Å². The van der Waals surface area contributed by atoms with E-state index in [0.29, 0.717) is 11.0 Å². The van der Waals surface area contributed by atoms with Crippen LogP contribution in [0, 0.1) is 12.7 Å². The molecule has 0 bridgehead atoms. The van der Waals surface area contributed by atoms with E-state index in [0.717, 1.165) is 23.5 Å². The predicted octanol–water partition coefficient (Wildman–Crippen LogP) is 2.49. The van der Waals surface area contributed by atoms with Crippen LogP contribution in [0.2, 0.25) is 0 Å². The van der Waals surface area contributed by atoms with Crippen LogP contribution in [-0.2, 0) is 0 Å². The maximum absolute atomic E-state index is 13.6. The SMILES string of the molecule is COc1ccc(C(=O)CSc2nc(C)cc(N)n2)cc1F. The molecule has 110 valence electrons. The smallest absolute Gasteiger partial charge is 0.190 e. The topological polar surface area (TPSA) is 78.1 Å². The Hall–Kier alpha value is -2.15. The summed E-state index contributed by atoms with van der Waals surface area (Å²) in [5.41, 5.74) is 6.62. The second-order valence-electron chi connectivity index (χ2n) is 4.28. The number of ether oxygens (including phenoxy) is 1. The maximum Gasteiger partial charge on any atom is 0.190 e. The molecule has 0 aliphatic rings. The quantitative estimate of drug-likeness (QED) is 0.519. The lowest BCUT2D eigenvalue weighted by Crippen LogP contribution is -2.05. The number of hydrogen-bond acceptors (Lipinski definition) is 6. The van der Waals surface area contributed by atoms with Gasteiger partial charge in [-0.25, -0.2) is 14.4 Å². The number of aromatic nitrogens is 2. The normalized spacial score (nSPS) is 10.4. The number of anilines is 1. The summed E-state index contributed by atoms with van der Waals surface area (Å²) in [6, 6.07) is 5.75. The number of aryl methyl sites for hydroxylation is 1. The molecule has 0 aliphatic carbocycles. The van der Waals surface area contributed by atoms with Gasteiger partial charge in [0.25, 0.3) is 0 Å². The van der Waals surface area contributed by atoms with Crippen molar-refractivity contribution in [1.29, 1.82) is 0 Å². The molecule has 0 unspecified atom stereocenters. The molecule has 2 rings (SSSR count). The van der Waals surface area contributed by atoms with Crippen LogP contribution in [-0.4, -0.2) is 28.6 Å². The number of methoxy groups -OCH3 is 1. The summed E-state index contributed by atoms with van der Waals surface area (Å²) in [6.45, 7) is 1.79. The maximum atomic E-state index is 13.6. The van der Waals surface area contributed by atoms with Crippen LogP contribution in [0.5, 0.6) is 5.75 Å². The van der Waals surface area contributed by atoms with Crippen LogP contribution in [0.25, 0.3) is 0 Å². The molecule has 21 heavy (non-hydrogen) atoms. The van der Waals surface area contributed by atoms with Crippen molar-refractivity contribution < 1.29 is 13.9 Å². The van der Waals surface area contributed by atoms with Gasteiger partial charge < -0.3 is 10.5 Å². The Bertz CT molecular complexity index is 659. The van der Waals surface area contributed by atoms with Crippen molar-refractivity contribution in [2.45, 2.75) is 12.1 Å². The number of Topliss-reactive ketones (excluding diaryl/α,β-unsaturated/α-hetero) is 1. The highest BCUT2D eigenvalue weighted by Crippen LogP contribution is 2.21. The second-order valence-corrected chi connectivity index (χ2v) is 5.22. The van der Waals surface area contributed by atoms with Gasteiger partial charge in [0.1, 0.15) is 5.82 Å². The molecule has 0 saturated heterocycles. The van der Waals surface area contributed by atoms with E-state index in [2.05, 4.69) is 9.97 Å². The van der Waals surface area contributed by atoms with Gasteiger partial charge >= 0.3 is 0 Å². The molecule has 0 aliphatic heterocycles. The number of hydrogen-bond donors (Lipinski definition) is 1. The summed E-state index contributed by atoms with van der Waals surface area (Å²) < 4.78 is 18.4. The molecule has 0 amide bonds. The Morgan fingerprint density at radius 3 is 2.76 bits per heavy atom. The molecule has 5 nitrogen and oxygen atoms in total. The third-order valence-electron chi connectivity index (χ3n) is 2.66. The van der Waals surface area contributed by atoms with Gasteiger partial charge in [-0.05, 0) is 25.1 Å². The highest BCUT2D eigenvalue weighted by molar-refractivity contribution is 7.99. The van der Waals surface area contributed by atoms with Crippen molar-refractivity contribution in [2.24, 2.45) is 0 Å². The van der Waals surface area contributed by atoms with Crippen molar-refractivity contribution in [1.82, 2.24) is 9.97 Å². The highest BCUT2D eigenvalue weighted by atomic mass is 32.2. The van der Waals surface area contributed by atoms with E-state index in [1.807, 2.05) is 0 Å². The number of rotatable bonds is 5. The van der Waals surface area contributed by atoms with E-state index < -0.39 is 5.82 Å². The highest BCUT2D eigenvalue weighted by Gasteiger charge is 2.12. The minimum atomic E-state index is -0.565. The van der Waals surface area contributed by atoms with E-state index in [1.54, 1.807) is 13.0 Å². The van der Waals surface area contributed by atoms with Gasteiger partial charge in [-0.2, -0.15) is 0 Å². The van der Waals surface area contributed by atoms with Gasteiger partial charge in [0.2, 0.25) is 0 Å². The van der Waals surface area contributed by atoms with E-state index in [9.17, 15) is 9.18 Å². The fourth-order valence-corrected chi connectivity index (χ4v) is 2.49. The summed E-state index contributed by atoms with van der Waals surface area (Å²) in [5.74, 6) is -0.217. The Morgan fingerprint density at radius 2 is 2.14 bits per heavy atom. The average molecular weight is 307 g/mol. The third-order valence-corrected chi connectivity index (χ3v) is 3.51. The molecular formula is C14H14FN3O2S. The summed E-state index contributed by atoms with van der Waals surface area (Å²) in [5, 5.41) is 0.426. The van der Waals surface area contributed by atoms with Gasteiger partial charge in [0.15, 0.2) is 22.5 Å². The van der Waals surface area contributed by atoms with Gasteiger partial charge in [0.05, 0.1) is 12.9 Å². The molecule has 1 aromatic carbocycles. The molecule has 2 N–H and O–H groups in total. The zero-order valence-corrected chi connectivity index (χ0v) is 12.4. The first kappa shape index (κ1) is 15.2. The van der Waals surface area contributed by atoms with Gasteiger partial charge in [-0.3, -0.25) is 4.79 Å². The number of nitrogens with zero attached hydrogens (tertiary/aromatic N) is 2. The van der Waals surface area contributed by atoms with E-state index in [-0.39, 0.29) is 22.8 Å². The molecule has 7 heteroatoms. The van der Waals surface area contributed by atoms with Gasteiger partial charge in [0, 0.05) is 17.3 Å². The number of carbonyl (C=O) groups is 1. The lowest BCUT2D eigenvalue weighted by molar-refractivity contribution is 0.102. The molecular weight excluding hydrogens is 293 g/mol. The number of carbonyl (C=O) groups excluding carboxylic acids is 1. The first-order valence-corrected chi connectivity index (χ1v) is 7.09. The standard InChI is InChI=1S/C14H14FN3O2S/c1-8-5-13(16)18-14(17-8)21-7-11(19)9-3-4-12(20-2)10(15)6-9/h3-6H,7H2,1-2H3,(H2,16,17,18). The lowest BCUT2D eigenvalue weighted by Gasteiger charge is -2.05.